The Kier molecular flexibility index (Phi) is 5.19. The Morgan fingerprint density at radius 2 is 1.70 bits per heavy atom. The fourth-order valence-corrected chi connectivity index (χ4v) is 3.82. The van der Waals surface area contributed by atoms with Gasteiger partial charge in [-0.2, -0.15) is 0 Å². The van der Waals surface area contributed by atoms with E-state index in [0.29, 0.717) is 11.3 Å². The summed E-state index contributed by atoms with van der Waals surface area (Å²) in [5.41, 5.74) is 0.691. The maximum atomic E-state index is 12.7. The van der Waals surface area contributed by atoms with E-state index in [1.807, 2.05) is 0 Å². The van der Waals surface area contributed by atoms with Crippen molar-refractivity contribution in [1.82, 2.24) is 0 Å². The zero-order chi connectivity index (χ0) is 17.2. The van der Waals surface area contributed by atoms with E-state index in [4.69, 9.17) is 23.2 Å². The Balaban J connectivity index is 2.40. The minimum absolute atomic E-state index is 0.0763. The molecule has 0 fully saturated rings. The second kappa shape index (κ2) is 6.78. The van der Waals surface area contributed by atoms with Gasteiger partial charge in [0.1, 0.15) is 4.90 Å². The van der Waals surface area contributed by atoms with Crippen molar-refractivity contribution in [1.29, 1.82) is 0 Å². The lowest BCUT2D eigenvalue weighted by Crippen LogP contribution is -2.26. The molecule has 0 saturated carbocycles. The molecule has 0 aliphatic carbocycles. The minimum atomic E-state index is -3.88. The minimum Gasteiger partial charge on any atom is -0.465 e. The van der Waals surface area contributed by atoms with Crippen LogP contribution in [0, 0.1) is 0 Å². The number of sulfonamides is 1. The molecule has 2 aromatic carbocycles. The van der Waals surface area contributed by atoms with Crippen LogP contribution in [0.2, 0.25) is 10.0 Å². The van der Waals surface area contributed by atoms with E-state index in [9.17, 15) is 13.2 Å². The van der Waals surface area contributed by atoms with Gasteiger partial charge in [-0.05, 0) is 42.5 Å². The van der Waals surface area contributed by atoms with Gasteiger partial charge in [0.05, 0.1) is 23.4 Å². The Bertz CT molecular complexity index is 835. The van der Waals surface area contributed by atoms with E-state index in [1.165, 1.54) is 56.6 Å². The molecule has 2 aromatic rings. The average Bonchev–Trinajstić information content (AvgIpc) is 2.55. The number of nitrogens with zero attached hydrogens (tertiary/aromatic N) is 1. The van der Waals surface area contributed by atoms with Gasteiger partial charge in [-0.25, -0.2) is 13.2 Å². The SMILES string of the molecule is COC(=O)c1ccc(N(C)S(=O)(=O)c2cc(Cl)ccc2Cl)cc1. The number of carbonyl (C=O) groups is 1. The van der Waals surface area contributed by atoms with E-state index in [1.54, 1.807) is 0 Å². The van der Waals surface area contributed by atoms with Gasteiger partial charge in [0.2, 0.25) is 0 Å². The van der Waals surface area contributed by atoms with Crippen LogP contribution in [0.1, 0.15) is 10.4 Å². The van der Waals surface area contributed by atoms with Crippen molar-refractivity contribution in [3.63, 3.8) is 0 Å². The molecule has 0 radical (unpaired) electrons. The van der Waals surface area contributed by atoms with Gasteiger partial charge in [-0.1, -0.05) is 23.2 Å². The number of halogens is 2. The van der Waals surface area contributed by atoms with Gasteiger partial charge < -0.3 is 4.74 Å². The second-order valence-electron chi connectivity index (χ2n) is 4.59. The predicted octanol–water partition coefficient (Wildman–Crippen LogP) is 3.61. The Labute approximate surface area is 144 Å². The van der Waals surface area contributed by atoms with Crippen molar-refractivity contribution < 1.29 is 17.9 Å². The number of hydrogen-bond acceptors (Lipinski definition) is 4. The summed E-state index contributed by atoms with van der Waals surface area (Å²) in [5, 5.41) is 0.342. The Morgan fingerprint density at radius 3 is 2.26 bits per heavy atom. The third-order valence-corrected chi connectivity index (χ3v) is 5.69. The summed E-state index contributed by atoms with van der Waals surface area (Å²) >= 11 is 11.8. The van der Waals surface area contributed by atoms with Crippen LogP contribution in [-0.2, 0) is 14.8 Å². The van der Waals surface area contributed by atoms with Crippen molar-refractivity contribution in [2.45, 2.75) is 4.90 Å². The first-order chi connectivity index (χ1) is 10.8. The molecule has 0 spiro atoms. The highest BCUT2D eigenvalue weighted by molar-refractivity contribution is 7.93. The molecular formula is C15H13Cl2NO4S. The van der Waals surface area contributed by atoms with Crippen molar-refractivity contribution in [2.24, 2.45) is 0 Å². The van der Waals surface area contributed by atoms with E-state index in [0.717, 1.165) is 4.31 Å². The molecule has 0 atom stereocenters. The summed E-state index contributed by atoms with van der Waals surface area (Å²) in [4.78, 5) is 11.3. The zero-order valence-electron chi connectivity index (χ0n) is 12.3. The summed E-state index contributed by atoms with van der Waals surface area (Å²) in [6.45, 7) is 0. The number of methoxy groups -OCH3 is 1. The first-order valence-electron chi connectivity index (χ1n) is 6.39. The van der Waals surface area contributed by atoms with Gasteiger partial charge in [-0.15, -0.1) is 0 Å². The number of hydrogen-bond donors (Lipinski definition) is 0. The van der Waals surface area contributed by atoms with E-state index < -0.39 is 16.0 Å². The molecule has 23 heavy (non-hydrogen) atoms. The summed E-state index contributed by atoms with van der Waals surface area (Å²) < 4.78 is 31.0. The van der Waals surface area contributed by atoms with Gasteiger partial charge in [0.25, 0.3) is 10.0 Å². The molecule has 2 rings (SSSR count). The molecule has 0 N–H and O–H groups in total. The third kappa shape index (κ3) is 3.60. The lowest BCUT2D eigenvalue weighted by molar-refractivity contribution is 0.0601. The first-order valence-corrected chi connectivity index (χ1v) is 8.59. The number of benzene rings is 2. The Hall–Kier alpha value is -1.76. The van der Waals surface area contributed by atoms with Gasteiger partial charge >= 0.3 is 5.97 Å². The zero-order valence-corrected chi connectivity index (χ0v) is 14.6. The van der Waals surface area contributed by atoms with Crippen molar-refractivity contribution in [3.05, 3.63) is 58.1 Å². The van der Waals surface area contributed by atoms with Crippen LogP contribution >= 0.6 is 23.2 Å². The summed E-state index contributed by atoms with van der Waals surface area (Å²) in [6, 6.07) is 10.2. The topological polar surface area (TPSA) is 63.7 Å². The number of anilines is 1. The first kappa shape index (κ1) is 17.6. The molecule has 0 unspecified atom stereocenters. The molecule has 0 aliphatic rings. The fourth-order valence-electron chi connectivity index (χ4n) is 1.89. The second-order valence-corrected chi connectivity index (χ2v) is 7.37. The molecule has 0 bridgehead atoms. The highest BCUT2D eigenvalue weighted by atomic mass is 35.5. The Morgan fingerprint density at radius 1 is 1.09 bits per heavy atom. The normalized spacial score (nSPS) is 11.1. The lowest BCUT2D eigenvalue weighted by Gasteiger charge is -2.20. The number of rotatable bonds is 4. The molecule has 0 amide bonds. The summed E-state index contributed by atoms with van der Waals surface area (Å²) in [5.74, 6) is -0.500. The maximum Gasteiger partial charge on any atom is 0.337 e. The monoisotopic (exact) mass is 373 g/mol. The van der Waals surface area contributed by atoms with Crippen LogP contribution < -0.4 is 4.31 Å². The van der Waals surface area contributed by atoms with Crippen molar-refractivity contribution in [3.8, 4) is 0 Å². The van der Waals surface area contributed by atoms with Gasteiger partial charge in [0, 0.05) is 12.1 Å². The lowest BCUT2D eigenvalue weighted by atomic mass is 10.2. The van der Waals surface area contributed by atoms with Crippen molar-refractivity contribution in [2.75, 3.05) is 18.5 Å². The average molecular weight is 374 g/mol. The third-order valence-electron chi connectivity index (χ3n) is 3.18. The molecule has 0 aliphatic heterocycles. The van der Waals surface area contributed by atoms with Crippen LogP contribution in [-0.4, -0.2) is 28.5 Å². The largest absolute Gasteiger partial charge is 0.465 e. The van der Waals surface area contributed by atoms with Crippen LogP contribution in [0.15, 0.2) is 47.4 Å². The van der Waals surface area contributed by atoms with E-state index in [2.05, 4.69) is 4.74 Å². The van der Waals surface area contributed by atoms with Crippen molar-refractivity contribution >= 4 is 44.9 Å². The molecular weight excluding hydrogens is 361 g/mol. The highest BCUT2D eigenvalue weighted by Gasteiger charge is 2.24. The molecule has 0 aromatic heterocycles. The fraction of sp³-hybridized carbons (Fsp3) is 0.133. The maximum absolute atomic E-state index is 12.7. The standard InChI is InChI=1S/C15H13Cl2NO4S/c1-18(12-6-3-10(4-7-12)15(19)22-2)23(20,21)14-9-11(16)5-8-13(14)17/h3-9H,1-2H3. The molecule has 0 saturated heterocycles. The number of carbonyl (C=O) groups excluding carboxylic acids is 1. The highest BCUT2D eigenvalue weighted by Crippen LogP contribution is 2.29. The molecule has 0 heterocycles. The van der Waals surface area contributed by atoms with E-state index >= 15 is 0 Å². The quantitative estimate of drug-likeness (QED) is 0.767. The smallest absolute Gasteiger partial charge is 0.337 e. The predicted molar refractivity (Wildman–Crippen MR) is 89.8 cm³/mol. The van der Waals surface area contributed by atoms with Crippen LogP contribution in [0.3, 0.4) is 0 Å². The number of ether oxygens (including phenoxy) is 1. The van der Waals surface area contributed by atoms with Gasteiger partial charge in [0.15, 0.2) is 0 Å². The molecule has 122 valence electrons. The molecule has 5 nitrogen and oxygen atoms in total. The number of esters is 1. The van der Waals surface area contributed by atoms with E-state index in [-0.39, 0.29) is 14.9 Å². The summed E-state index contributed by atoms with van der Waals surface area (Å²) in [6.07, 6.45) is 0. The molecule has 8 heteroatoms. The van der Waals surface area contributed by atoms with Crippen LogP contribution in [0.25, 0.3) is 0 Å². The van der Waals surface area contributed by atoms with Gasteiger partial charge in [-0.3, -0.25) is 4.31 Å². The van der Waals surface area contributed by atoms with Crippen LogP contribution in [0.5, 0.6) is 0 Å². The summed E-state index contributed by atoms with van der Waals surface area (Å²) in [7, 11) is -1.22. The van der Waals surface area contributed by atoms with Crippen LogP contribution in [0.4, 0.5) is 5.69 Å².